The van der Waals surface area contributed by atoms with E-state index in [0.29, 0.717) is 18.9 Å². The van der Waals surface area contributed by atoms with Crippen LogP contribution in [0.5, 0.6) is 0 Å². The van der Waals surface area contributed by atoms with Crippen LogP contribution in [0.1, 0.15) is 39.5 Å². The number of rotatable bonds is 6. The van der Waals surface area contributed by atoms with Crippen LogP contribution in [0.4, 0.5) is 0 Å². The Morgan fingerprint density at radius 2 is 2.27 bits per heavy atom. The number of nitrogens with one attached hydrogen (secondary N) is 1. The van der Waals surface area contributed by atoms with E-state index in [1.165, 1.54) is 0 Å². The number of hydrogen-bond donors (Lipinski definition) is 3. The van der Waals surface area contributed by atoms with Gasteiger partial charge in [-0.1, -0.05) is 6.92 Å². The van der Waals surface area contributed by atoms with Crippen molar-refractivity contribution in [3.8, 4) is 0 Å². The van der Waals surface area contributed by atoms with E-state index in [1.54, 1.807) is 6.92 Å². The summed E-state index contributed by atoms with van der Waals surface area (Å²) in [5.74, 6) is 0.252. The van der Waals surface area contributed by atoms with Crippen LogP contribution < -0.4 is 11.1 Å². The molecule has 0 radical (unpaired) electrons. The van der Waals surface area contributed by atoms with E-state index in [2.05, 4.69) is 5.32 Å². The van der Waals surface area contributed by atoms with E-state index in [4.69, 9.17) is 5.73 Å². The van der Waals surface area contributed by atoms with Gasteiger partial charge in [-0.3, -0.25) is 4.79 Å². The molecule has 4 nitrogen and oxygen atoms in total. The van der Waals surface area contributed by atoms with Crippen LogP contribution in [0.3, 0.4) is 0 Å². The topological polar surface area (TPSA) is 75.3 Å². The molecule has 88 valence electrons. The molecule has 1 aliphatic rings. The van der Waals surface area contributed by atoms with Crippen LogP contribution >= 0.6 is 0 Å². The molecule has 0 aliphatic heterocycles. The summed E-state index contributed by atoms with van der Waals surface area (Å²) in [5.41, 5.74) is 5.22. The van der Waals surface area contributed by atoms with Gasteiger partial charge in [-0.2, -0.15) is 0 Å². The SMILES string of the molecule is CCC(O)CCNC(=O)C(C)(N)C1CC1. The maximum absolute atomic E-state index is 11.7. The van der Waals surface area contributed by atoms with Crippen LogP contribution in [0.15, 0.2) is 0 Å². The lowest BCUT2D eigenvalue weighted by Gasteiger charge is -2.23. The molecule has 1 fully saturated rings. The number of aliphatic hydroxyl groups is 1. The number of carbonyl (C=O) groups excluding carboxylic acids is 1. The molecule has 0 bridgehead atoms. The van der Waals surface area contributed by atoms with Crippen molar-refractivity contribution in [1.82, 2.24) is 5.32 Å². The highest BCUT2D eigenvalue weighted by molar-refractivity contribution is 5.86. The second-order valence-electron chi connectivity index (χ2n) is 4.66. The maximum atomic E-state index is 11.7. The summed E-state index contributed by atoms with van der Waals surface area (Å²) in [7, 11) is 0. The Bertz CT molecular complexity index is 225. The van der Waals surface area contributed by atoms with Gasteiger partial charge in [-0.05, 0) is 38.5 Å². The zero-order valence-electron chi connectivity index (χ0n) is 9.62. The fraction of sp³-hybridized carbons (Fsp3) is 0.909. The molecular formula is C11H22N2O2. The molecule has 15 heavy (non-hydrogen) atoms. The van der Waals surface area contributed by atoms with Crippen LogP contribution in [0.25, 0.3) is 0 Å². The second-order valence-corrected chi connectivity index (χ2v) is 4.66. The lowest BCUT2D eigenvalue weighted by Crippen LogP contribution is -2.53. The molecule has 0 aromatic carbocycles. The van der Waals surface area contributed by atoms with Crippen molar-refractivity contribution in [3.05, 3.63) is 0 Å². The Morgan fingerprint density at radius 1 is 1.67 bits per heavy atom. The summed E-state index contributed by atoms with van der Waals surface area (Å²) in [6.45, 7) is 4.22. The third kappa shape index (κ3) is 3.47. The minimum Gasteiger partial charge on any atom is -0.393 e. The van der Waals surface area contributed by atoms with Crippen molar-refractivity contribution in [1.29, 1.82) is 0 Å². The Labute approximate surface area is 91.2 Å². The fourth-order valence-corrected chi connectivity index (χ4v) is 1.62. The van der Waals surface area contributed by atoms with Crippen LogP contribution in [-0.2, 0) is 4.79 Å². The summed E-state index contributed by atoms with van der Waals surface area (Å²) < 4.78 is 0. The molecule has 4 N–H and O–H groups in total. The Morgan fingerprint density at radius 3 is 2.73 bits per heavy atom. The van der Waals surface area contributed by atoms with Gasteiger partial charge in [0.05, 0.1) is 11.6 Å². The third-order valence-electron chi connectivity index (χ3n) is 3.15. The number of nitrogens with two attached hydrogens (primary N) is 1. The van der Waals surface area contributed by atoms with E-state index in [-0.39, 0.29) is 12.0 Å². The molecule has 0 spiro atoms. The summed E-state index contributed by atoms with van der Waals surface area (Å²) in [6.07, 6.45) is 3.10. The molecule has 0 aromatic heterocycles. The van der Waals surface area contributed by atoms with E-state index < -0.39 is 5.54 Å². The highest BCUT2D eigenvalue weighted by Gasteiger charge is 2.43. The Kier molecular flexibility index (Phi) is 4.11. The number of amides is 1. The highest BCUT2D eigenvalue weighted by atomic mass is 16.3. The van der Waals surface area contributed by atoms with Gasteiger partial charge in [0.25, 0.3) is 0 Å². The third-order valence-corrected chi connectivity index (χ3v) is 3.15. The monoisotopic (exact) mass is 214 g/mol. The van der Waals surface area contributed by atoms with Gasteiger partial charge >= 0.3 is 0 Å². The van der Waals surface area contributed by atoms with Gasteiger partial charge < -0.3 is 16.2 Å². The number of hydrogen-bond acceptors (Lipinski definition) is 3. The molecule has 1 aliphatic carbocycles. The molecule has 0 aromatic rings. The van der Waals surface area contributed by atoms with Crippen molar-refractivity contribution in [2.75, 3.05) is 6.54 Å². The first-order valence-corrected chi connectivity index (χ1v) is 5.73. The minimum atomic E-state index is -0.725. The van der Waals surface area contributed by atoms with E-state index in [1.807, 2.05) is 6.92 Å². The van der Waals surface area contributed by atoms with Crippen molar-refractivity contribution >= 4 is 5.91 Å². The van der Waals surface area contributed by atoms with Crippen molar-refractivity contribution < 1.29 is 9.90 Å². The summed E-state index contributed by atoms with van der Waals surface area (Å²) in [6, 6.07) is 0. The molecule has 2 unspecified atom stereocenters. The second kappa shape index (κ2) is 4.94. The van der Waals surface area contributed by atoms with Gasteiger partial charge in [0.2, 0.25) is 5.91 Å². The Balaban J connectivity index is 2.23. The predicted octanol–water partition coefficient (Wildman–Crippen LogP) is 0.391. The van der Waals surface area contributed by atoms with Crippen molar-refractivity contribution in [2.24, 2.45) is 11.7 Å². The zero-order chi connectivity index (χ0) is 11.5. The number of carbonyl (C=O) groups is 1. The molecule has 1 rings (SSSR count). The van der Waals surface area contributed by atoms with E-state index >= 15 is 0 Å². The van der Waals surface area contributed by atoms with Crippen molar-refractivity contribution in [3.63, 3.8) is 0 Å². The zero-order valence-corrected chi connectivity index (χ0v) is 9.62. The molecule has 1 saturated carbocycles. The lowest BCUT2D eigenvalue weighted by atomic mass is 9.96. The average Bonchev–Trinajstić information content (AvgIpc) is 3.00. The first kappa shape index (κ1) is 12.5. The molecule has 1 amide bonds. The average molecular weight is 214 g/mol. The normalized spacial score (nSPS) is 21.9. The van der Waals surface area contributed by atoms with Gasteiger partial charge in [-0.25, -0.2) is 0 Å². The van der Waals surface area contributed by atoms with Gasteiger partial charge in [-0.15, -0.1) is 0 Å². The van der Waals surface area contributed by atoms with Gasteiger partial charge in [0, 0.05) is 6.54 Å². The summed E-state index contributed by atoms with van der Waals surface area (Å²) >= 11 is 0. The van der Waals surface area contributed by atoms with Crippen LogP contribution in [-0.4, -0.2) is 29.2 Å². The molecule has 0 saturated heterocycles. The largest absolute Gasteiger partial charge is 0.393 e. The maximum Gasteiger partial charge on any atom is 0.240 e. The highest BCUT2D eigenvalue weighted by Crippen LogP contribution is 2.38. The first-order valence-electron chi connectivity index (χ1n) is 5.73. The molecule has 0 heterocycles. The fourth-order valence-electron chi connectivity index (χ4n) is 1.62. The molecule has 4 heteroatoms. The van der Waals surface area contributed by atoms with Crippen LogP contribution in [0, 0.1) is 5.92 Å². The minimum absolute atomic E-state index is 0.0895. The quantitative estimate of drug-likeness (QED) is 0.599. The van der Waals surface area contributed by atoms with Crippen LogP contribution in [0.2, 0.25) is 0 Å². The van der Waals surface area contributed by atoms with Gasteiger partial charge in [0.1, 0.15) is 0 Å². The predicted molar refractivity (Wildman–Crippen MR) is 59.2 cm³/mol. The summed E-state index contributed by atoms with van der Waals surface area (Å²) in [5, 5.41) is 12.1. The number of aliphatic hydroxyl groups excluding tert-OH is 1. The van der Waals surface area contributed by atoms with E-state index in [9.17, 15) is 9.90 Å². The van der Waals surface area contributed by atoms with Gasteiger partial charge in [0.15, 0.2) is 0 Å². The standard InChI is InChI=1S/C11H22N2O2/c1-3-9(14)6-7-13-10(15)11(2,12)8-4-5-8/h8-9,14H,3-7,12H2,1-2H3,(H,13,15). The Hall–Kier alpha value is -0.610. The molecule has 2 atom stereocenters. The summed E-state index contributed by atoms with van der Waals surface area (Å²) in [4.78, 5) is 11.7. The first-order chi connectivity index (χ1) is 6.98. The molecular weight excluding hydrogens is 192 g/mol. The smallest absolute Gasteiger partial charge is 0.240 e. The lowest BCUT2D eigenvalue weighted by molar-refractivity contribution is -0.126. The van der Waals surface area contributed by atoms with Crippen molar-refractivity contribution in [2.45, 2.75) is 51.2 Å². The van der Waals surface area contributed by atoms with E-state index in [0.717, 1.165) is 19.3 Å².